The van der Waals surface area contributed by atoms with Crippen molar-refractivity contribution >= 4 is 29.9 Å². The normalized spacial score (nSPS) is 16.7. The molecule has 2 aliphatic rings. The van der Waals surface area contributed by atoms with E-state index >= 15 is 0 Å². The smallest absolute Gasteiger partial charge is 0.258 e. The lowest BCUT2D eigenvalue weighted by Crippen LogP contribution is -2.44. The molecule has 170 valence electrons. The first-order valence-corrected chi connectivity index (χ1v) is 11.3. The van der Waals surface area contributed by atoms with Gasteiger partial charge in [-0.3, -0.25) is 14.3 Å². The SMILES string of the molecule is CCCN(CCC)Cc1cnc(-c2ncn3c2[C@@H]2CCN2C(=O)c2c(Cl)cccc2-3)o1.Cl. The second-order valence-electron chi connectivity index (χ2n) is 8.19. The van der Waals surface area contributed by atoms with Gasteiger partial charge in [0, 0.05) is 6.54 Å². The van der Waals surface area contributed by atoms with Crippen molar-refractivity contribution in [1.82, 2.24) is 24.3 Å². The van der Waals surface area contributed by atoms with E-state index in [0.717, 1.165) is 56.0 Å². The van der Waals surface area contributed by atoms with E-state index in [1.165, 1.54) is 0 Å². The summed E-state index contributed by atoms with van der Waals surface area (Å²) in [6.45, 7) is 7.87. The Balaban J connectivity index is 0.00000245. The predicted octanol–water partition coefficient (Wildman–Crippen LogP) is 5.13. The summed E-state index contributed by atoms with van der Waals surface area (Å²) in [4.78, 5) is 26.6. The summed E-state index contributed by atoms with van der Waals surface area (Å²) in [6.07, 6.45) is 6.63. The minimum Gasteiger partial charge on any atom is -0.438 e. The van der Waals surface area contributed by atoms with Crippen molar-refractivity contribution in [2.75, 3.05) is 19.6 Å². The largest absolute Gasteiger partial charge is 0.438 e. The summed E-state index contributed by atoms with van der Waals surface area (Å²) >= 11 is 6.42. The van der Waals surface area contributed by atoms with Gasteiger partial charge in [0.1, 0.15) is 17.8 Å². The molecule has 0 bridgehead atoms. The van der Waals surface area contributed by atoms with Crippen molar-refractivity contribution in [1.29, 1.82) is 0 Å². The van der Waals surface area contributed by atoms with Gasteiger partial charge in [0.2, 0.25) is 5.89 Å². The molecule has 1 atom stereocenters. The first-order chi connectivity index (χ1) is 15.1. The third kappa shape index (κ3) is 3.72. The van der Waals surface area contributed by atoms with Crippen molar-refractivity contribution in [2.24, 2.45) is 0 Å². The lowest BCUT2D eigenvalue weighted by molar-refractivity contribution is 0.0461. The maximum absolute atomic E-state index is 13.1. The number of hydrogen-bond acceptors (Lipinski definition) is 5. The van der Waals surface area contributed by atoms with Crippen molar-refractivity contribution in [3.8, 4) is 17.3 Å². The first-order valence-electron chi connectivity index (χ1n) is 11.0. The zero-order chi connectivity index (χ0) is 21.5. The van der Waals surface area contributed by atoms with Gasteiger partial charge in [-0.15, -0.1) is 12.4 Å². The van der Waals surface area contributed by atoms with Crippen LogP contribution in [0.5, 0.6) is 0 Å². The van der Waals surface area contributed by atoms with Crippen molar-refractivity contribution in [3.63, 3.8) is 0 Å². The summed E-state index contributed by atoms with van der Waals surface area (Å²) in [5.74, 6) is 1.30. The zero-order valence-electron chi connectivity index (χ0n) is 18.3. The number of oxazole rings is 1. The molecule has 0 radical (unpaired) electrons. The number of hydrogen-bond donors (Lipinski definition) is 0. The van der Waals surface area contributed by atoms with Crippen LogP contribution in [-0.2, 0) is 6.54 Å². The Bertz CT molecular complexity index is 1120. The number of amides is 1. The molecule has 0 N–H and O–H groups in total. The average molecular weight is 476 g/mol. The minimum atomic E-state index is -0.0551. The van der Waals surface area contributed by atoms with Crippen LogP contribution < -0.4 is 0 Å². The number of carbonyl (C=O) groups is 1. The number of benzene rings is 1. The fraction of sp³-hybridized carbons (Fsp3) is 0.435. The second-order valence-corrected chi connectivity index (χ2v) is 8.60. The van der Waals surface area contributed by atoms with Crippen molar-refractivity contribution in [3.05, 3.63) is 52.8 Å². The summed E-state index contributed by atoms with van der Waals surface area (Å²) in [5, 5.41) is 0.460. The number of rotatable bonds is 7. The molecular formula is C23H27Cl2N5O2. The van der Waals surface area contributed by atoms with Gasteiger partial charge < -0.3 is 9.32 Å². The molecule has 4 heterocycles. The van der Waals surface area contributed by atoms with E-state index < -0.39 is 0 Å². The minimum absolute atomic E-state index is 0. The van der Waals surface area contributed by atoms with E-state index in [-0.39, 0.29) is 24.4 Å². The maximum Gasteiger partial charge on any atom is 0.258 e. The molecule has 1 saturated heterocycles. The molecule has 2 aromatic heterocycles. The van der Waals surface area contributed by atoms with Gasteiger partial charge in [0.15, 0.2) is 0 Å². The topological polar surface area (TPSA) is 67.4 Å². The standard InChI is InChI=1S/C23H26ClN5O2.ClH/c1-3-9-27(10-4-2)13-15-12-25-22(31-15)20-21-18-8-11-28(18)23(30)19-16(24)6-5-7-17(19)29(21)14-26-20;/h5-7,12,14,18H,3-4,8-11,13H2,1-2H3;1H/t18-;/m0./s1. The Morgan fingerprint density at radius 2 is 2.00 bits per heavy atom. The fourth-order valence-electron chi connectivity index (χ4n) is 4.63. The number of halogens is 2. The quantitative estimate of drug-likeness (QED) is 0.473. The van der Waals surface area contributed by atoms with Crippen LogP contribution in [0, 0.1) is 0 Å². The van der Waals surface area contributed by atoms with E-state index in [9.17, 15) is 4.79 Å². The number of nitrogens with zero attached hydrogens (tertiary/aromatic N) is 5. The average Bonchev–Trinajstić information content (AvgIpc) is 3.33. The first kappa shape index (κ1) is 22.8. The molecule has 3 aromatic rings. The number of carbonyl (C=O) groups excluding carboxylic acids is 1. The van der Waals surface area contributed by atoms with Crippen molar-refractivity contribution < 1.29 is 9.21 Å². The zero-order valence-corrected chi connectivity index (χ0v) is 19.8. The summed E-state index contributed by atoms with van der Waals surface area (Å²) in [5.41, 5.74) is 2.91. The molecule has 0 spiro atoms. The molecule has 5 rings (SSSR count). The number of fused-ring (bicyclic) bond motifs is 5. The van der Waals surface area contributed by atoms with Crippen LogP contribution in [0.1, 0.15) is 61.0 Å². The summed E-state index contributed by atoms with van der Waals surface area (Å²) < 4.78 is 8.12. The third-order valence-corrected chi connectivity index (χ3v) is 6.40. The van der Waals surface area contributed by atoms with Crippen LogP contribution in [0.25, 0.3) is 17.3 Å². The van der Waals surface area contributed by atoms with Gasteiger partial charge in [0.05, 0.1) is 40.8 Å². The monoisotopic (exact) mass is 475 g/mol. The highest BCUT2D eigenvalue weighted by atomic mass is 35.5. The van der Waals surface area contributed by atoms with Crippen LogP contribution in [0.3, 0.4) is 0 Å². The Labute approximate surface area is 198 Å². The molecule has 1 amide bonds. The highest BCUT2D eigenvalue weighted by Gasteiger charge is 2.43. The van der Waals surface area contributed by atoms with E-state index in [4.69, 9.17) is 16.0 Å². The highest BCUT2D eigenvalue weighted by Crippen LogP contribution is 2.44. The molecule has 0 saturated carbocycles. The van der Waals surface area contributed by atoms with Crippen LogP contribution >= 0.6 is 24.0 Å². The van der Waals surface area contributed by atoms with Gasteiger partial charge in [-0.1, -0.05) is 31.5 Å². The summed E-state index contributed by atoms with van der Waals surface area (Å²) in [6, 6.07) is 5.48. The van der Waals surface area contributed by atoms with Gasteiger partial charge >= 0.3 is 0 Å². The van der Waals surface area contributed by atoms with Crippen LogP contribution in [-0.4, -0.2) is 49.9 Å². The Morgan fingerprint density at radius 1 is 1.22 bits per heavy atom. The molecule has 7 nitrogen and oxygen atoms in total. The van der Waals surface area contributed by atoms with Crippen LogP contribution in [0.4, 0.5) is 0 Å². The summed E-state index contributed by atoms with van der Waals surface area (Å²) in [7, 11) is 0. The number of imidazole rings is 1. The fourth-order valence-corrected chi connectivity index (χ4v) is 4.88. The molecule has 32 heavy (non-hydrogen) atoms. The Kier molecular flexibility index (Phi) is 6.60. The number of aromatic nitrogens is 3. The highest BCUT2D eigenvalue weighted by molar-refractivity contribution is 6.34. The van der Waals surface area contributed by atoms with E-state index in [2.05, 4.69) is 28.7 Å². The van der Waals surface area contributed by atoms with Gasteiger partial charge in [-0.05, 0) is 44.5 Å². The van der Waals surface area contributed by atoms with Gasteiger partial charge in [-0.2, -0.15) is 0 Å². The van der Waals surface area contributed by atoms with Crippen LogP contribution in [0.15, 0.2) is 35.1 Å². The molecule has 1 aromatic carbocycles. The molecule has 0 unspecified atom stereocenters. The van der Waals surface area contributed by atoms with E-state index in [1.807, 2.05) is 21.6 Å². The third-order valence-electron chi connectivity index (χ3n) is 6.08. The lowest BCUT2D eigenvalue weighted by atomic mass is 9.97. The maximum atomic E-state index is 13.1. The predicted molar refractivity (Wildman–Crippen MR) is 126 cm³/mol. The molecule has 1 fully saturated rings. The van der Waals surface area contributed by atoms with Crippen LogP contribution in [0.2, 0.25) is 5.02 Å². The Morgan fingerprint density at radius 3 is 2.69 bits per heavy atom. The molecule has 0 aliphatic carbocycles. The van der Waals surface area contributed by atoms with E-state index in [1.54, 1.807) is 18.6 Å². The van der Waals surface area contributed by atoms with Crippen molar-refractivity contribution in [2.45, 2.75) is 45.7 Å². The molecule has 9 heteroatoms. The molecule has 2 aliphatic heterocycles. The van der Waals surface area contributed by atoms with Gasteiger partial charge in [0.25, 0.3) is 5.91 Å². The van der Waals surface area contributed by atoms with E-state index in [0.29, 0.717) is 28.7 Å². The second kappa shape index (κ2) is 9.25. The van der Waals surface area contributed by atoms with Gasteiger partial charge in [-0.25, -0.2) is 9.97 Å². The molecular weight excluding hydrogens is 449 g/mol. The Hall–Kier alpha value is -2.35. The lowest BCUT2D eigenvalue weighted by Gasteiger charge is -2.39.